The lowest BCUT2D eigenvalue weighted by atomic mass is 10.1. The Morgan fingerprint density at radius 1 is 1.08 bits per heavy atom. The van der Waals surface area contributed by atoms with Crippen LogP contribution >= 0.6 is 0 Å². The molecule has 0 heteroatoms. The summed E-state index contributed by atoms with van der Waals surface area (Å²) < 4.78 is 0. The molecule has 13 heavy (non-hydrogen) atoms. The van der Waals surface area contributed by atoms with Crippen LogP contribution in [0.3, 0.4) is 0 Å². The molecule has 0 aromatic heterocycles. The zero-order valence-corrected chi connectivity index (χ0v) is 8.80. The van der Waals surface area contributed by atoms with Crippen molar-refractivity contribution in [1.82, 2.24) is 0 Å². The van der Waals surface area contributed by atoms with E-state index in [-0.39, 0.29) is 0 Å². The van der Waals surface area contributed by atoms with Crippen LogP contribution in [0.1, 0.15) is 20.8 Å². The van der Waals surface area contributed by atoms with Crippen molar-refractivity contribution >= 4 is 0 Å². The summed E-state index contributed by atoms with van der Waals surface area (Å²) in [6.45, 7) is 13.7. The Bertz CT molecular complexity index is 272. The fourth-order valence-corrected chi connectivity index (χ4v) is 0.722. The molecule has 0 bridgehead atoms. The van der Waals surface area contributed by atoms with E-state index in [1.54, 1.807) is 0 Å². The smallest absolute Gasteiger partial charge is 0.0299 e. The van der Waals surface area contributed by atoms with E-state index < -0.39 is 0 Å². The van der Waals surface area contributed by atoms with Gasteiger partial charge in [0.2, 0.25) is 0 Å². The standard InChI is InChI=1S/C13H18/c1-6-7-8-12(4)13(5)10-9-11(2)3/h6-10H,2,5H2,1,3-4H3. The summed E-state index contributed by atoms with van der Waals surface area (Å²) in [5.74, 6) is 0. The Kier molecular flexibility index (Phi) is 5.62. The average molecular weight is 174 g/mol. The van der Waals surface area contributed by atoms with Gasteiger partial charge in [-0.25, -0.2) is 0 Å². The molecule has 0 aromatic carbocycles. The molecule has 0 unspecified atom stereocenters. The van der Waals surface area contributed by atoms with E-state index in [0.29, 0.717) is 0 Å². The second-order valence-electron chi connectivity index (χ2n) is 3.08. The molecule has 0 radical (unpaired) electrons. The van der Waals surface area contributed by atoms with Gasteiger partial charge < -0.3 is 0 Å². The zero-order chi connectivity index (χ0) is 10.3. The maximum absolute atomic E-state index is 3.95. The molecule has 0 spiro atoms. The predicted molar refractivity (Wildman–Crippen MR) is 61.7 cm³/mol. The minimum Gasteiger partial charge on any atom is -0.0961 e. The van der Waals surface area contributed by atoms with Crippen LogP contribution < -0.4 is 0 Å². The van der Waals surface area contributed by atoms with Gasteiger partial charge >= 0.3 is 0 Å². The quantitative estimate of drug-likeness (QED) is 0.560. The molecule has 0 aliphatic heterocycles. The second kappa shape index (κ2) is 6.24. The van der Waals surface area contributed by atoms with Crippen molar-refractivity contribution in [2.45, 2.75) is 20.8 Å². The van der Waals surface area contributed by atoms with Crippen molar-refractivity contribution in [2.24, 2.45) is 0 Å². The molecular formula is C13H18. The summed E-state index contributed by atoms with van der Waals surface area (Å²) in [5.41, 5.74) is 3.25. The molecule has 0 atom stereocenters. The fraction of sp³-hybridized carbons (Fsp3) is 0.231. The maximum atomic E-state index is 3.95. The normalized spacial score (nSPS) is 12.7. The highest BCUT2D eigenvalue weighted by molar-refractivity contribution is 5.39. The summed E-state index contributed by atoms with van der Waals surface area (Å²) in [6.07, 6.45) is 10.0. The van der Waals surface area contributed by atoms with Gasteiger partial charge in [0.05, 0.1) is 0 Å². The van der Waals surface area contributed by atoms with Gasteiger partial charge in [0.25, 0.3) is 0 Å². The van der Waals surface area contributed by atoms with Crippen molar-refractivity contribution in [1.29, 1.82) is 0 Å². The molecule has 0 N–H and O–H groups in total. The van der Waals surface area contributed by atoms with Crippen LogP contribution in [-0.2, 0) is 0 Å². The number of rotatable bonds is 4. The van der Waals surface area contributed by atoms with E-state index in [9.17, 15) is 0 Å². The van der Waals surface area contributed by atoms with E-state index >= 15 is 0 Å². The lowest BCUT2D eigenvalue weighted by Crippen LogP contribution is -1.77. The number of allylic oxidation sites excluding steroid dienone is 8. The molecule has 0 rings (SSSR count). The highest BCUT2D eigenvalue weighted by atomic mass is 13.9. The van der Waals surface area contributed by atoms with Crippen LogP contribution in [-0.4, -0.2) is 0 Å². The minimum atomic E-state index is 1.03. The topological polar surface area (TPSA) is 0 Å². The van der Waals surface area contributed by atoms with Crippen molar-refractivity contribution < 1.29 is 0 Å². The van der Waals surface area contributed by atoms with E-state index in [1.807, 2.05) is 51.2 Å². The lowest BCUT2D eigenvalue weighted by Gasteiger charge is -1.97. The van der Waals surface area contributed by atoms with Gasteiger partial charge in [0.15, 0.2) is 0 Å². The summed E-state index contributed by atoms with van der Waals surface area (Å²) in [4.78, 5) is 0. The zero-order valence-electron chi connectivity index (χ0n) is 8.80. The van der Waals surface area contributed by atoms with E-state index in [0.717, 1.165) is 11.1 Å². The average Bonchev–Trinajstić information content (AvgIpc) is 2.10. The maximum Gasteiger partial charge on any atom is -0.0299 e. The van der Waals surface area contributed by atoms with Gasteiger partial charge in [0, 0.05) is 0 Å². The second-order valence-corrected chi connectivity index (χ2v) is 3.08. The highest BCUT2D eigenvalue weighted by Gasteiger charge is 1.89. The van der Waals surface area contributed by atoms with Crippen LogP contribution in [0.2, 0.25) is 0 Å². The molecule has 0 aliphatic rings. The van der Waals surface area contributed by atoms with Crippen LogP contribution in [0.15, 0.2) is 60.3 Å². The Labute approximate surface area is 81.7 Å². The molecule has 0 nitrogen and oxygen atoms in total. The molecule has 0 aliphatic carbocycles. The van der Waals surface area contributed by atoms with Gasteiger partial charge in [-0.05, 0) is 31.9 Å². The minimum absolute atomic E-state index is 1.03. The molecule has 0 heterocycles. The predicted octanol–water partition coefficient (Wildman–Crippen LogP) is 4.20. The van der Waals surface area contributed by atoms with E-state index in [4.69, 9.17) is 0 Å². The first-order valence-electron chi connectivity index (χ1n) is 4.40. The third-order valence-corrected chi connectivity index (χ3v) is 1.61. The molecule has 0 saturated carbocycles. The SMILES string of the molecule is C=C(C)C=CC(=C)C(C)=CC=CC. The molecule has 0 amide bonds. The van der Waals surface area contributed by atoms with Gasteiger partial charge in [0.1, 0.15) is 0 Å². The summed E-state index contributed by atoms with van der Waals surface area (Å²) >= 11 is 0. The number of hydrogen-bond acceptors (Lipinski definition) is 0. The fourth-order valence-electron chi connectivity index (χ4n) is 0.722. The molecular weight excluding hydrogens is 156 g/mol. The van der Waals surface area contributed by atoms with Gasteiger partial charge in [-0.15, -0.1) is 0 Å². The highest BCUT2D eigenvalue weighted by Crippen LogP contribution is 2.09. The largest absolute Gasteiger partial charge is 0.0961 e. The first-order valence-corrected chi connectivity index (χ1v) is 4.40. The van der Waals surface area contributed by atoms with Gasteiger partial charge in [-0.1, -0.05) is 49.1 Å². The van der Waals surface area contributed by atoms with E-state index in [2.05, 4.69) is 13.2 Å². The first kappa shape index (κ1) is 11.7. The molecule has 0 aromatic rings. The van der Waals surface area contributed by atoms with Crippen molar-refractivity contribution in [3.05, 3.63) is 60.3 Å². The van der Waals surface area contributed by atoms with E-state index in [1.165, 1.54) is 5.57 Å². The lowest BCUT2D eigenvalue weighted by molar-refractivity contribution is 1.43. The molecule has 70 valence electrons. The van der Waals surface area contributed by atoms with Crippen LogP contribution in [0.25, 0.3) is 0 Å². The first-order chi connectivity index (χ1) is 6.07. The van der Waals surface area contributed by atoms with Crippen molar-refractivity contribution in [3.8, 4) is 0 Å². The van der Waals surface area contributed by atoms with Crippen LogP contribution in [0.5, 0.6) is 0 Å². The molecule has 0 saturated heterocycles. The monoisotopic (exact) mass is 174 g/mol. The Morgan fingerprint density at radius 2 is 1.69 bits per heavy atom. The Morgan fingerprint density at radius 3 is 2.15 bits per heavy atom. The third-order valence-electron chi connectivity index (χ3n) is 1.61. The van der Waals surface area contributed by atoms with Crippen molar-refractivity contribution in [3.63, 3.8) is 0 Å². The summed E-state index contributed by atoms with van der Waals surface area (Å²) in [7, 11) is 0. The van der Waals surface area contributed by atoms with Gasteiger partial charge in [-0.3, -0.25) is 0 Å². The van der Waals surface area contributed by atoms with Crippen LogP contribution in [0.4, 0.5) is 0 Å². The Hall–Kier alpha value is -1.30. The molecule has 0 fully saturated rings. The van der Waals surface area contributed by atoms with Crippen molar-refractivity contribution in [2.75, 3.05) is 0 Å². The third kappa shape index (κ3) is 5.92. The summed E-state index contributed by atoms with van der Waals surface area (Å²) in [5, 5.41) is 0. The van der Waals surface area contributed by atoms with Crippen LogP contribution in [0, 0.1) is 0 Å². The van der Waals surface area contributed by atoms with Gasteiger partial charge in [-0.2, -0.15) is 0 Å². The Balaban J connectivity index is 4.35. The summed E-state index contributed by atoms with van der Waals surface area (Å²) in [6, 6.07) is 0. The number of hydrogen-bond donors (Lipinski definition) is 0.